The Hall–Kier alpha value is -1.76. The first kappa shape index (κ1) is 14.2. The van der Waals surface area contributed by atoms with Crippen LogP contribution in [-0.4, -0.2) is 21.6 Å². The number of thiazole rings is 1. The molecule has 0 spiro atoms. The highest BCUT2D eigenvalue weighted by Crippen LogP contribution is 2.24. The summed E-state index contributed by atoms with van der Waals surface area (Å²) in [7, 11) is 0. The minimum Gasteiger partial charge on any atom is -0.374 e. The topological polar surface area (TPSA) is 59.9 Å². The standard InChI is InChI=1S/C14H13ClN4OS/c1-2-20-7-14-18-12(15)6-13(19-14)17-9-3-4-10-11(5-9)21-8-16-10/h3-6,8H,2,7H2,1H3,(H,17,18,19). The van der Waals surface area contributed by atoms with Crippen molar-refractivity contribution in [2.45, 2.75) is 13.5 Å². The summed E-state index contributed by atoms with van der Waals surface area (Å²) in [6.07, 6.45) is 0. The van der Waals surface area contributed by atoms with Gasteiger partial charge in [0.1, 0.15) is 17.6 Å². The van der Waals surface area contributed by atoms with Crippen LogP contribution in [0.15, 0.2) is 29.8 Å². The van der Waals surface area contributed by atoms with Crippen LogP contribution in [0, 0.1) is 0 Å². The van der Waals surface area contributed by atoms with E-state index in [2.05, 4.69) is 20.3 Å². The van der Waals surface area contributed by atoms with Crippen LogP contribution in [0.25, 0.3) is 10.2 Å². The quantitative estimate of drug-likeness (QED) is 0.719. The summed E-state index contributed by atoms with van der Waals surface area (Å²) >= 11 is 7.62. The number of fused-ring (bicyclic) bond motifs is 1. The van der Waals surface area contributed by atoms with Crippen LogP contribution in [0.1, 0.15) is 12.7 Å². The fraction of sp³-hybridized carbons (Fsp3) is 0.214. The number of nitrogens with zero attached hydrogens (tertiary/aromatic N) is 3. The van der Waals surface area contributed by atoms with Gasteiger partial charge in [-0.3, -0.25) is 0 Å². The Labute approximate surface area is 131 Å². The lowest BCUT2D eigenvalue weighted by molar-refractivity contribution is 0.128. The van der Waals surface area contributed by atoms with Gasteiger partial charge in [-0.25, -0.2) is 15.0 Å². The minimum atomic E-state index is 0.347. The first-order valence-electron chi connectivity index (χ1n) is 6.46. The van der Waals surface area contributed by atoms with E-state index in [1.165, 1.54) is 0 Å². The molecule has 0 radical (unpaired) electrons. The van der Waals surface area contributed by atoms with Gasteiger partial charge in [-0.2, -0.15) is 0 Å². The Kier molecular flexibility index (Phi) is 4.28. The molecule has 21 heavy (non-hydrogen) atoms. The molecule has 108 valence electrons. The largest absolute Gasteiger partial charge is 0.374 e. The number of aromatic nitrogens is 3. The lowest BCUT2D eigenvalue weighted by Crippen LogP contribution is -2.02. The van der Waals surface area contributed by atoms with E-state index in [0.29, 0.717) is 30.0 Å². The highest BCUT2D eigenvalue weighted by molar-refractivity contribution is 7.16. The second-order valence-corrected chi connectivity index (χ2v) is 5.56. The van der Waals surface area contributed by atoms with Crippen LogP contribution in [0.5, 0.6) is 0 Å². The van der Waals surface area contributed by atoms with E-state index in [0.717, 1.165) is 15.9 Å². The van der Waals surface area contributed by atoms with Crippen molar-refractivity contribution >= 4 is 44.7 Å². The zero-order valence-corrected chi connectivity index (χ0v) is 12.9. The molecule has 2 heterocycles. The molecule has 7 heteroatoms. The summed E-state index contributed by atoms with van der Waals surface area (Å²) in [5.74, 6) is 1.21. The average Bonchev–Trinajstić information content (AvgIpc) is 2.92. The van der Waals surface area contributed by atoms with E-state index in [1.807, 2.05) is 30.6 Å². The summed E-state index contributed by atoms with van der Waals surface area (Å²) in [5.41, 5.74) is 3.75. The maximum absolute atomic E-state index is 6.02. The molecule has 1 aromatic carbocycles. The maximum Gasteiger partial charge on any atom is 0.158 e. The molecule has 0 atom stereocenters. The minimum absolute atomic E-state index is 0.347. The molecule has 2 aromatic heterocycles. The number of ether oxygens (including phenoxy) is 1. The first-order chi connectivity index (χ1) is 10.2. The Balaban J connectivity index is 1.84. The van der Waals surface area contributed by atoms with Crippen molar-refractivity contribution in [3.63, 3.8) is 0 Å². The van der Waals surface area contributed by atoms with E-state index < -0.39 is 0 Å². The van der Waals surface area contributed by atoms with Gasteiger partial charge in [-0.05, 0) is 25.1 Å². The molecule has 0 saturated carbocycles. The van der Waals surface area contributed by atoms with Gasteiger partial charge in [0, 0.05) is 18.4 Å². The molecular formula is C14H13ClN4OS. The zero-order chi connectivity index (χ0) is 14.7. The van der Waals surface area contributed by atoms with E-state index in [9.17, 15) is 0 Å². The number of benzene rings is 1. The normalized spacial score (nSPS) is 11.0. The predicted octanol–water partition coefficient (Wildman–Crippen LogP) is 4.02. The smallest absolute Gasteiger partial charge is 0.158 e. The van der Waals surface area contributed by atoms with Crippen LogP contribution in [-0.2, 0) is 11.3 Å². The van der Waals surface area contributed by atoms with Gasteiger partial charge < -0.3 is 10.1 Å². The molecule has 0 aliphatic rings. The van der Waals surface area contributed by atoms with Gasteiger partial charge in [0.25, 0.3) is 0 Å². The summed E-state index contributed by atoms with van der Waals surface area (Å²) in [6, 6.07) is 7.65. The van der Waals surface area contributed by atoms with Gasteiger partial charge >= 0.3 is 0 Å². The molecule has 0 aliphatic carbocycles. The second kappa shape index (κ2) is 6.34. The lowest BCUT2D eigenvalue weighted by atomic mass is 10.3. The third kappa shape index (κ3) is 3.47. The van der Waals surface area contributed by atoms with Gasteiger partial charge in [0.05, 0.1) is 15.7 Å². The number of rotatable bonds is 5. The number of halogens is 1. The Morgan fingerprint density at radius 2 is 2.19 bits per heavy atom. The zero-order valence-electron chi connectivity index (χ0n) is 11.3. The van der Waals surface area contributed by atoms with Crippen LogP contribution >= 0.6 is 22.9 Å². The molecule has 0 aliphatic heterocycles. The summed E-state index contributed by atoms with van der Waals surface area (Å²) in [5, 5.41) is 3.62. The molecular weight excluding hydrogens is 308 g/mol. The predicted molar refractivity (Wildman–Crippen MR) is 85.3 cm³/mol. The number of hydrogen-bond donors (Lipinski definition) is 1. The molecule has 3 rings (SSSR count). The number of anilines is 2. The number of hydrogen-bond acceptors (Lipinski definition) is 6. The van der Waals surface area contributed by atoms with Crippen molar-refractivity contribution in [3.8, 4) is 0 Å². The highest BCUT2D eigenvalue weighted by Gasteiger charge is 2.05. The van der Waals surface area contributed by atoms with Crippen LogP contribution in [0.2, 0.25) is 5.15 Å². The van der Waals surface area contributed by atoms with Gasteiger partial charge in [0.2, 0.25) is 0 Å². The monoisotopic (exact) mass is 320 g/mol. The van der Waals surface area contributed by atoms with Gasteiger partial charge in [0.15, 0.2) is 5.82 Å². The van der Waals surface area contributed by atoms with Gasteiger partial charge in [-0.15, -0.1) is 11.3 Å². The molecule has 5 nitrogen and oxygen atoms in total. The molecule has 0 unspecified atom stereocenters. The Bertz CT molecular complexity index is 762. The third-order valence-electron chi connectivity index (χ3n) is 2.78. The maximum atomic E-state index is 6.02. The van der Waals surface area contributed by atoms with Gasteiger partial charge in [-0.1, -0.05) is 11.6 Å². The molecule has 3 aromatic rings. The van der Waals surface area contributed by atoms with Crippen molar-refractivity contribution in [2.24, 2.45) is 0 Å². The van der Waals surface area contributed by atoms with Crippen LogP contribution in [0.3, 0.4) is 0 Å². The molecule has 1 N–H and O–H groups in total. The summed E-state index contributed by atoms with van der Waals surface area (Å²) < 4.78 is 6.43. The third-order valence-corrected chi connectivity index (χ3v) is 3.77. The number of nitrogens with one attached hydrogen (secondary N) is 1. The fourth-order valence-electron chi connectivity index (χ4n) is 1.87. The van der Waals surface area contributed by atoms with Crippen molar-refractivity contribution in [2.75, 3.05) is 11.9 Å². The Morgan fingerprint density at radius 1 is 1.29 bits per heavy atom. The van der Waals surface area contributed by atoms with E-state index >= 15 is 0 Å². The SMILES string of the molecule is CCOCc1nc(Cl)cc(Nc2ccc3ncsc3c2)n1. The van der Waals surface area contributed by atoms with Crippen molar-refractivity contribution < 1.29 is 4.74 Å². The van der Waals surface area contributed by atoms with Crippen LogP contribution in [0.4, 0.5) is 11.5 Å². The summed E-state index contributed by atoms with van der Waals surface area (Å²) in [6.45, 7) is 2.88. The van der Waals surface area contributed by atoms with E-state index in [-0.39, 0.29) is 0 Å². The van der Waals surface area contributed by atoms with E-state index in [1.54, 1.807) is 17.4 Å². The second-order valence-electron chi connectivity index (χ2n) is 4.29. The van der Waals surface area contributed by atoms with Crippen LogP contribution < -0.4 is 5.32 Å². The average molecular weight is 321 g/mol. The molecule has 0 bridgehead atoms. The fourth-order valence-corrected chi connectivity index (χ4v) is 2.78. The molecule has 0 saturated heterocycles. The molecule has 0 amide bonds. The lowest BCUT2D eigenvalue weighted by Gasteiger charge is -2.08. The highest BCUT2D eigenvalue weighted by atomic mass is 35.5. The van der Waals surface area contributed by atoms with E-state index in [4.69, 9.17) is 16.3 Å². The molecule has 0 fully saturated rings. The first-order valence-corrected chi connectivity index (χ1v) is 7.72. The Morgan fingerprint density at radius 3 is 3.05 bits per heavy atom. The van der Waals surface area contributed by atoms with Crippen molar-refractivity contribution in [1.29, 1.82) is 0 Å². The van der Waals surface area contributed by atoms with Crippen molar-refractivity contribution in [1.82, 2.24) is 15.0 Å². The van der Waals surface area contributed by atoms with Crippen molar-refractivity contribution in [3.05, 3.63) is 40.8 Å². The summed E-state index contributed by atoms with van der Waals surface area (Å²) in [4.78, 5) is 12.8.